The standard InChI is InChI=1S/C7H8N2O3S/c1-8-2-5(10)6-9-4(3-13-6)7(11)12/h3,8H,2H2,1H3,(H,11,12). The number of likely N-dealkylation sites (N-methyl/N-ethyl adjacent to an activating group) is 1. The van der Waals surface area contributed by atoms with Crippen LogP contribution in [-0.2, 0) is 0 Å². The largest absolute Gasteiger partial charge is 0.476 e. The molecule has 0 bridgehead atoms. The molecule has 1 aromatic heterocycles. The molecule has 6 heteroatoms. The van der Waals surface area contributed by atoms with E-state index in [-0.39, 0.29) is 23.0 Å². The van der Waals surface area contributed by atoms with E-state index in [1.807, 2.05) is 0 Å². The van der Waals surface area contributed by atoms with E-state index in [4.69, 9.17) is 5.11 Å². The fraction of sp³-hybridized carbons (Fsp3) is 0.286. The minimum absolute atomic E-state index is 0.0792. The average Bonchev–Trinajstić information content (AvgIpc) is 2.52. The highest BCUT2D eigenvalue weighted by molar-refractivity contribution is 7.12. The SMILES string of the molecule is CNCC(=O)c1nc(C(=O)O)cs1. The molecule has 0 atom stereocenters. The zero-order chi connectivity index (χ0) is 9.84. The molecule has 70 valence electrons. The van der Waals surface area contributed by atoms with Gasteiger partial charge in [-0.25, -0.2) is 9.78 Å². The topological polar surface area (TPSA) is 79.3 Å². The number of aromatic carboxylic acids is 1. The number of hydrogen-bond donors (Lipinski definition) is 2. The summed E-state index contributed by atoms with van der Waals surface area (Å²) in [6.07, 6.45) is 0. The molecule has 13 heavy (non-hydrogen) atoms. The summed E-state index contributed by atoms with van der Waals surface area (Å²) < 4.78 is 0. The van der Waals surface area contributed by atoms with Crippen LogP contribution in [0.25, 0.3) is 0 Å². The summed E-state index contributed by atoms with van der Waals surface area (Å²) in [5.74, 6) is -1.31. The van der Waals surface area contributed by atoms with E-state index in [1.165, 1.54) is 5.38 Å². The summed E-state index contributed by atoms with van der Waals surface area (Å²) in [5, 5.41) is 12.8. The molecule has 1 aromatic rings. The van der Waals surface area contributed by atoms with Gasteiger partial charge in [0.2, 0.25) is 5.78 Å². The number of nitrogens with zero attached hydrogens (tertiary/aromatic N) is 1. The normalized spacial score (nSPS) is 9.92. The Balaban J connectivity index is 2.79. The van der Waals surface area contributed by atoms with Crippen LogP contribution in [-0.4, -0.2) is 35.4 Å². The van der Waals surface area contributed by atoms with Crippen LogP contribution in [0.15, 0.2) is 5.38 Å². The maximum absolute atomic E-state index is 11.2. The lowest BCUT2D eigenvalue weighted by Crippen LogP contribution is -2.18. The molecule has 0 aliphatic rings. The quantitative estimate of drug-likeness (QED) is 0.681. The second-order valence-corrected chi connectivity index (χ2v) is 3.15. The Morgan fingerprint density at radius 2 is 2.38 bits per heavy atom. The molecule has 0 aliphatic carbocycles. The summed E-state index contributed by atoms with van der Waals surface area (Å²) in [5.41, 5.74) is -0.0792. The first-order valence-corrected chi connectivity index (χ1v) is 4.39. The van der Waals surface area contributed by atoms with Gasteiger partial charge < -0.3 is 10.4 Å². The fourth-order valence-corrected chi connectivity index (χ4v) is 1.47. The number of aromatic nitrogens is 1. The summed E-state index contributed by atoms with van der Waals surface area (Å²) >= 11 is 1.04. The van der Waals surface area contributed by atoms with Crippen molar-refractivity contribution in [1.82, 2.24) is 10.3 Å². The van der Waals surface area contributed by atoms with Crippen LogP contribution >= 0.6 is 11.3 Å². The van der Waals surface area contributed by atoms with Crippen molar-refractivity contribution in [3.63, 3.8) is 0 Å². The van der Waals surface area contributed by atoms with Crippen LogP contribution in [0.1, 0.15) is 20.3 Å². The monoisotopic (exact) mass is 200 g/mol. The van der Waals surface area contributed by atoms with E-state index in [0.29, 0.717) is 0 Å². The van der Waals surface area contributed by atoms with Gasteiger partial charge in [0.1, 0.15) is 0 Å². The predicted octanol–water partition coefficient (Wildman–Crippen LogP) is 0.243. The predicted molar refractivity (Wildman–Crippen MR) is 47.3 cm³/mol. The van der Waals surface area contributed by atoms with Gasteiger partial charge in [-0.2, -0.15) is 0 Å². The molecule has 0 aliphatic heterocycles. The first-order valence-electron chi connectivity index (χ1n) is 3.51. The molecule has 0 radical (unpaired) electrons. The van der Waals surface area contributed by atoms with Crippen molar-refractivity contribution in [3.8, 4) is 0 Å². The van der Waals surface area contributed by atoms with E-state index < -0.39 is 5.97 Å². The Morgan fingerprint density at radius 3 is 2.85 bits per heavy atom. The Hall–Kier alpha value is -1.27. The molecule has 5 nitrogen and oxygen atoms in total. The molecular formula is C7H8N2O3S. The third-order valence-electron chi connectivity index (χ3n) is 1.30. The lowest BCUT2D eigenvalue weighted by molar-refractivity contribution is 0.0691. The number of carboxylic acids is 1. The highest BCUT2D eigenvalue weighted by atomic mass is 32.1. The van der Waals surface area contributed by atoms with Gasteiger partial charge in [0.15, 0.2) is 10.7 Å². The van der Waals surface area contributed by atoms with Gasteiger partial charge in [-0.05, 0) is 7.05 Å². The van der Waals surface area contributed by atoms with E-state index in [9.17, 15) is 9.59 Å². The molecule has 0 spiro atoms. The van der Waals surface area contributed by atoms with Crippen LogP contribution in [0.4, 0.5) is 0 Å². The third-order valence-corrected chi connectivity index (χ3v) is 2.18. The molecule has 0 saturated carbocycles. The lowest BCUT2D eigenvalue weighted by atomic mass is 10.4. The Labute approximate surface area is 78.4 Å². The molecule has 0 aromatic carbocycles. The number of ketones is 1. The number of hydrogen-bond acceptors (Lipinski definition) is 5. The summed E-state index contributed by atoms with van der Waals surface area (Å²) in [6, 6.07) is 0. The minimum atomic E-state index is -1.11. The van der Waals surface area contributed by atoms with E-state index >= 15 is 0 Å². The maximum atomic E-state index is 11.2. The van der Waals surface area contributed by atoms with Crippen LogP contribution in [0.5, 0.6) is 0 Å². The van der Waals surface area contributed by atoms with E-state index in [1.54, 1.807) is 7.05 Å². The molecule has 0 fully saturated rings. The smallest absolute Gasteiger partial charge is 0.355 e. The van der Waals surface area contributed by atoms with Crippen molar-refractivity contribution in [2.75, 3.05) is 13.6 Å². The average molecular weight is 200 g/mol. The maximum Gasteiger partial charge on any atom is 0.355 e. The van der Waals surface area contributed by atoms with Crippen LogP contribution < -0.4 is 5.32 Å². The Bertz CT molecular complexity index is 334. The molecule has 0 amide bonds. The van der Waals surface area contributed by atoms with Gasteiger partial charge >= 0.3 is 5.97 Å². The van der Waals surface area contributed by atoms with Crippen molar-refractivity contribution in [3.05, 3.63) is 16.1 Å². The number of Topliss-reactive ketones (excluding diaryl/α,β-unsaturated/α-hetero) is 1. The Kier molecular flexibility index (Phi) is 3.10. The van der Waals surface area contributed by atoms with E-state index in [0.717, 1.165) is 11.3 Å². The minimum Gasteiger partial charge on any atom is -0.476 e. The molecule has 0 unspecified atom stereocenters. The van der Waals surface area contributed by atoms with Crippen molar-refractivity contribution < 1.29 is 14.7 Å². The highest BCUT2D eigenvalue weighted by Gasteiger charge is 2.13. The van der Waals surface area contributed by atoms with Gasteiger partial charge in [0.25, 0.3) is 0 Å². The van der Waals surface area contributed by atoms with Crippen molar-refractivity contribution >= 4 is 23.1 Å². The molecule has 1 heterocycles. The molecular weight excluding hydrogens is 192 g/mol. The summed E-state index contributed by atoms with van der Waals surface area (Å²) in [7, 11) is 1.64. The molecule has 2 N–H and O–H groups in total. The third kappa shape index (κ3) is 2.33. The van der Waals surface area contributed by atoms with Crippen LogP contribution in [0, 0.1) is 0 Å². The first-order chi connectivity index (χ1) is 6.15. The second kappa shape index (κ2) is 4.11. The highest BCUT2D eigenvalue weighted by Crippen LogP contribution is 2.09. The zero-order valence-electron chi connectivity index (χ0n) is 6.90. The van der Waals surface area contributed by atoms with Crippen molar-refractivity contribution in [2.45, 2.75) is 0 Å². The second-order valence-electron chi connectivity index (χ2n) is 2.30. The fourth-order valence-electron chi connectivity index (χ4n) is 0.736. The van der Waals surface area contributed by atoms with Crippen molar-refractivity contribution in [1.29, 1.82) is 0 Å². The van der Waals surface area contributed by atoms with Gasteiger partial charge in [0, 0.05) is 5.38 Å². The number of rotatable bonds is 4. The number of carboxylic acid groups (broad SMARTS) is 1. The van der Waals surface area contributed by atoms with Gasteiger partial charge in [0.05, 0.1) is 6.54 Å². The van der Waals surface area contributed by atoms with Crippen molar-refractivity contribution in [2.24, 2.45) is 0 Å². The number of nitrogens with one attached hydrogen (secondary N) is 1. The van der Waals surface area contributed by atoms with Gasteiger partial charge in [-0.3, -0.25) is 4.79 Å². The van der Waals surface area contributed by atoms with Gasteiger partial charge in [-0.1, -0.05) is 0 Å². The Morgan fingerprint density at radius 1 is 1.69 bits per heavy atom. The van der Waals surface area contributed by atoms with E-state index in [2.05, 4.69) is 10.3 Å². The van der Waals surface area contributed by atoms with Gasteiger partial charge in [-0.15, -0.1) is 11.3 Å². The number of carbonyl (C=O) groups excluding carboxylic acids is 1. The summed E-state index contributed by atoms with van der Waals surface area (Å²) in [4.78, 5) is 25.2. The number of thiazole rings is 1. The lowest BCUT2D eigenvalue weighted by Gasteiger charge is -1.92. The molecule has 0 saturated heterocycles. The van der Waals surface area contributed by atoms with Crippen LogP contribution in [0.3, 0.4) is 0 Å². The van der Waals surface area contributed by atoms with Crippen LogP contribution in [0.2, 0.25) is 0 Å². The number of carbonyl (C=O) groups is 2. The zero-order valence-corrected chi connectivity index (χ0v) is 7.72. The first kappa shape index (κ1) is 9.82. The molecule has 1 rings (SSSR count). The summed E-state index contributed by atoms with van der Waals surface area (Å²) in [6.45, 7) is 0.173.